The highest BCUT2D eigenvalue weighted by Crippen LogP contribution is 2.35. The van der Waals surface area contributed by atoms with E-state index in [0.717, 1.165) is 6.07 Å². The van der Waals surface area contributed by atoms with E-state index in [4.69, 9.17) is 11.6 Å². The van der Waals surface area contributed by atoms with Crippen molar-refractivity contribution in [1.29, 1.82) is 0 Å². The average Bonchev–Trinajstić information content (AvgIpc) is 2.40. The van der Waals surface area contributed by atoms with Crippen LogP contribution in [0.5, 0.6) is 0 Å². The van der Waals surface area contributed by atoms with Crippen LogP contribution in [-0.4, -0.2) is 5.78 Å². The highest BCUT2D eigenvalue weighted by molar-refractivity contribution is 9.10. The van der Waals surface area contributed by atoms with Crippen molar-refractivity contribution in [3.8, 4) is 0 Å². The van der Waals surface area contributed by atoms with E-state index in [0.29, 0.717) is 10.6 Å². The third kappa shape index (κ3) is 4.08. The van der Waals surface area contributed by atoms with E-state index >= 15 is 0 Å². The molecule has 0 aromatic heterocycles. The number of hydrogen-bond acceptors (Lipinski definition) is 1. The van der Waals surface area contributed by atoms with Crippen LogP contribution in [0.1, 0.15) is 21.5 Å². The number of Topliss-reactive ketones (excluding diaryl/α,β-unsaturated/α-hetero) is 1. The van der Waals surface area contributed by atoms with E-state index in [1.54, 1.807) is 24.3 Å². The maximum absolute atomic E-state index is 12.8. The molecule has 6 heteroatoms. The van der Waals surface area contributed by atoms with Crippen molar-refractivity contribution in [2.24, 2.45) is 0 Å². The van der Waals surface area contributed by atoms with Gasteiger partial charge in [0.15, 0.2) is 5.78 Å². The van der Waals surface area contributed by atoms with Gasteiger partial charge in [-0.2, -0.15) is 13.2 Å². The van der Waals surface area contributed by atoms with Crippen molar-refractivity contribution in [3.05, 3.63) is 68.7 Å². The molecular weight excluding hydrogens is 369 g/mol. The molecular formula is C15H9BrClF3O. The average molecular weight is 378 g/mol. The van der Waals surface area contributed by atoms with Crippen LogP contribution in [0.25, 0.3) is 0 Å². The molecule has 0 saturated carbocycles. The number of benzene rings is 2. The smallest absolute Gasteiger partial charge is 0.294 e. The minimum atomic E-state index is -4.50. The van der Waals surface area contributed by atoms with E-state index in [-0.39, 0.29) is 22.2 Å². The molecule has 0 atom stereocenters. The first-order valence-corrected chi connectivity index (χ1v) is 7.09. The summed E-state index contributed by atoms with van der Waals surface area (Å²) in [6, 6.07) is 10.1. The molecule has 0 amide bonds. The number of carbonyl (C=O) groups excluding carboxylic acids is 1. The van der Waals surface area contributed by atoms with Crippen LogP contribution in [0.2, 0.25) is 5.02 Å². The molecule has 0 heterocycles. The fraction of sp³-hybridized carbons (Fsp3) is 0.133. The molecule has 2 rings (SSSR count). The maximum atomic E-state index is 12.8. The summed E-state index contributed by atoms with van der Waals surface area (Å²) >= 11 is 8.58. The van der Waals surface area contributed by atoms with Gasteiger partial charge in [0.05, 0.1) is 5.56 Å². The Morgan fingerprint density at radius 3 is 2.29 bits per heavy atom. The SMILES string of the molecule is O=C(Cc1ccc(Cl)cc1)c1ccc(Br)c(C(F)(F)F)c1. The fourth-order valence-corrected chi connectivity index (χ4v) is 2.40. The lowest BCUT2D eigenvalue weighted by molar-refractivity contribution is -0.138. The number of halogens is 5. The van der Waals surface area contributed by atoms with Gasteiger partial charge in [0.25, 0.3) is 0 Å². The first kappa shape index (κ1) is 16.0. The standard InChI is InChI=1S/C15H9BrClF3O/c16-13-6-3-10(8-12(13)15(18,19)20)14(21)7-9-1-4-11(17)5-2-9/h1-6,8H,7H2. The third-order valence-corrected chi connectivity index (χ3v) is 3.82. The molecule has 0 radical (unpaired) electrons. The Bertz CT molecular complexity index is 666. The molecule has 2 aromatic rings. The summed E-state index contributed by atoms with van der Waals surface area (Å²) in [4.78, 5) is 12.1. The van der Waals surface area contributed by atoms with Crippen molar-refractivity contribution < 1.29 is 18.0 Å². The van der Waals surface area contributed by atoms with E-state index in [1.807, 2.05) is 0 Å². The number of hydrogen-bond donors (Lipinski definition) is 0. The van der Waals surface area contributed by atoms with E-state index in [2.05, 4.69) is 15.9 Å². The van der Waals surface area contributed by atoms with Gasteiger partial charge >= 0.3 is 6.18 Å². The van der Waals surface area contributed by atoms with Crippen molar-refractivity contribution in [3.63, 3.8) is 0 Å². The Hall–Kier alpha value is -1.33. The fourth-order valence-electron chi connectivity index (χ4n) is 1.81. The molecule has 0 unspecified atom stereocenters. The zero-order valence-corrected chi connectivity index (χ0v) is 12.9. The Labute approximate surface area is 132 Å². The van der Waals surface area contributed by atoms with Crippen LogP contribution >= 0.6 is 27.5 Å². The predicted molar refractivity (Wildman–Crippen MR) is 78.6 cm³/mol. The van der Waals surface area contributed by atoms with Crippen molar-refractivity contribution in [1.82, 2.24) is 0 Å². The van der Waals surface area contributed by atoms with Gasteiger partial charge < -0.3 is 0 Å². The zero-order valence-electron chi connectivity index (χ0n) is 10.5. The Kier molecular flexibility index (Phi) is 4.74. The van der Waals surface area contributed by atoms with Gasteiger partial charge in [-0.05, 0) is 29.8 Å². The number of rotatable bonds is 3. The minimum absolute atomic E-state index is 0.0239. The van der Waals surface area contributed by atoms with E-state index < -0.39 is 11.7 Å². The van der Waals surface area contributed by atoms with Gasteiger partial charge in [0.1, 0.15) is 0 Å². The van der Waals surface area contributed by atoms with E-state index in [9.17, 15) is 18.0 Å². The van der Waals surface area contributed by atoms with Gasteiger partial charge in [-0.25, -0.2) is 0 Å². The molecule has 21 heavy (non-hydrogen) atoms. The van der Waals surface area contributed by atoms with Crippen LogP contribution in [0, 0.1) is 0 Å². The molecule has 0 spiro atoms. The number of ketones is 1. The lowest BCUT2D eigenvalue weighted by Crippen LogP contribution is -2.10. The van der Waals surface area contributed by atoms with Crippen LogP contribution in [-0.2, 0) is 12.6 Å². The van der Waals surface area contributed by atoms with Gasteiger partial charge in [-0.3, -0.25) is 4.79 Å². The second kappa shape index (κ2) is 6.20. The molecule has 0 fully saturated rings. The van der Waals surface area contributed by atoms with Crippen LogP contribution < -0.4 is 0 Å². The largest absolute Gasteiger partial charge is 0.417 e. The molecule has 0 saturated heterocycles. The zero-order chi connectivity index (χ0) is 15.6. The normalized spacial score (nSPS) is 11.5. The molecule has 0 aliphatic rings. The molecule has 0 N–H and O–H groups in total. The highest BCUT2D eigenvalue weighted by atomic mass is 79.9. The first-order chi connectivity index (χ1) is 9.77. The molecule has 0 aliphatic carbocycles. The van der Waals surface area contributed by atoms with Gasteiger partial charge in [0.2, 0.25) is 0 Å². The molecule has 2 aromatic carbocycles. The Morgan fingerprint density at radius 1 is 1.10 bits per heavy atom. The lowest BCUT2D eigenvalue weighted by atomic mass is 10.0. The van der Waals surface area contributed by atoms with Crippen molar-refractivity contribution in [2.45, 2.75) is 12.6 Å². The summed E-state index contributed by atoms with van der Waals surface area (Å²) in [7, 11) is 0. The van der Waals surface area contributed by atoms with Gasteiger partial charge in [-0.15, -0.1) is 0 Å². The quantitative estimate of drug-likeness (QED) is 0.641. The maximum Gasteiger partial charge on any atom is 0.417 e. The number of alkyl halides is 3. The molecule has 110 valence electrons. The summed E-state index contributed by atoms with van der Waals surface area (Å²) in [6.07, 6.45) is -4.48. The van der Waals surface area contributed by atoms with Crippen LogP contribution in [0.4, 0.5) is 13.2 Å². The summed E-state index contributed by atoms with van der Waals surface area (Å²) < 4.78 is 38.3. The topological polar surface area (TPSA) is 17.1 Å². The second-order valence-corrected chi connectivity index (χ2v) is 5.71. The van der Waals surface area contributed by atoms with Gasteiger partial charge in [-0.1, -0.05) is 45.7 Å². The summed E-state index contributed by atoms with van der Waals surface area (Å²) in [5.41, 5.74) is -0.134. The highest BCUT2D eigenvalue weighted by Gasteiger charge is 2.33. The third-order valence-electron chi connectivity index (χ3n) is 2.87. The van der Waals surface area contributed by atoms with E-state index in [1.165, 1.54) is 12.1 Å². The molecule has 1 nitrogen and oxygen atoms in total. The van der Waals surface area contributed by atoms with Crippen LogP contribution in [0.3, 0.4) is 0 Å². The number of carbonyl (C=O) groups is 1. The Morgan fingerprint density at radius 2 is 1.71 bits per heavy atom. The first-order valence-electron chi connectivity index (χ1n) is 5.92. The summed E-state index contributed by atoms with van der Waals surface area (Å²) in [5.74, 6) is -0.379. The van der Waals surface area contributed by atoms with Crippen molar-refractivity contribution >= 4 is 33.3 Å². The predicted octanol–water partition coefficient (Wildman–Crippen LogP) is 5.55. The molecule has 0 aliphatic heterocycles. The van der Waals surface area contributed by atoms with Crippen molar-refractivity contribution in [2.75, 3.05) is 0 Å². The lowest BCUT2D eigenvalue weighted by Gasteiger charge is -2.10. The molecule has 0 bridgehead atoms. The Balaban J connectivity index is 2.25. The summed E-state index contributed by atoms with van der Waals surface area (Å²) in [6.45, 7) is 0. The summed E-state index contributed by atoms with van der Waals surface area (Å²) in [5, 5.41) is 0.536. The second-order valence-electron chi connectivity index (χ2n) is 4.42. The minimum Gasteiger partial charge on any atom is -0.294 e. The monoisotopic (exact) mass is 376 g/mol. The van der Waals surface area contributed by atoms with Crippen LogP contribution in [0.15, 0.2) is 46.9 Å². The van der Waals surface area contributed by atoms with Gasteiger partial charge in [0, 0.05) is 21.5 Å².